The van der Waals surface area contributed by atoms with Crippen molar-refractivity contribution in [2.45, 2.75) is 77.7 Å². The van der Waals surface area contributed by atoms with Crippen molar-refractivity contribution in [3.05, 3.63) is 78.2 Å². The average Bonchev–Trinajstić information content (AvgIpc) is 3.44. The van der Waals surface area contributed by atoms with E-state index in [4.69, 9.17) is 15.6 Å². The number of halogens is 1. The summed E-state index contributed by atoms with van der Waals surface area (Å²) in [5.41, 5.74) is 8.23. The number of carbonyl (C=O) groups is 1. The number of hydroxylamine groups is 3. The predicted molar refractivity (Wildman–Crippen MR) is 172 cm³/mol. The largest absolute Gasteiger partial charge is 0.465 e. The predicted octanol–water partition coefficient (Wildman–Crippen LogP) is 6.09. The molecule has 0 bridgehead atoms. The van der Waals surface area contributed by atoms with Crippen molar-refractivity contribution in [1.29, 1.82) is 0 Å². The molecule has 5 rings (SSSR count). The standard InChI is InChI=1S/C35H50FN6O2/c1-35(2,3)32(33-39-31(28-15-9-5-10-16-28)26-40(33)24-27-13-7-4-8-14-27)41(25-29(36)23-37)34(43)44-42(21-11-6-12-22-42)30-17-19-38-20-18-30/h4-5,7-10,13-16,26,29-30,32,38H,6,11-12,17-25,37H2,1-3H3/q+1/t29?,32-/m0/s1. The monoisotopic (exact) mass is 605 g/mol. The number of nitrogens with zero attached hydrogens (tertiary/aromatic N) is 4. The van der Waals surface area contributed by atoms with Crippen LogP contribution in [0, 0.1) is 5.41 Å². The van der Waals surface area contributed by atoms with Crippen LogP contribution in [0.1, 0.15) is 70.3 Å². The van der Waals surface area contributed by atoms with Gasteiger partial charge in [-0.05, 0) is 17.4 Å². The maximum Gasteiger partial charge on any atom is 0.465 e. The van der Waals surface area contributed by atoms with E-state index in [1.807, 2.05) is 54.7 Å². The third-order valence-electron chi connectivity index (χ3n) is 9.14. The molecule has 0 spiro atoms. The maximum atomic E-state index is 15.3. The van der Waals surface area contributed by atoms with Crippen LogP contribution in [0.2, 0.25) is 0 Å². The number of nitrogens with two attached hydrogens (primary N) is 1. The topological polar surface area (TPSA) is 85.4 Å². The zero-order chi connectivity index (χ0) is 31.2. The van der Waals surface area contributed by atoms with E-state index >= 15 is 4.39 Å². The molecular formula is C35H50FN6O2+. The van der Waals surface area contributed by atoms with Crippen molar-refractivity contribution in [2.75, 3.05) is 39.3 Å². The third-order valence-corrected chi connectivity index (χ3v) is 9.14. The van der Waals surface area contributed by atoms with Crippen molar-refractivity contribution in [3.63, 3.8) is 0 Å². The molecule has 0 saturated carbocycles. The van der Waals surface area contributed by atoms with Crippen molar-refractivity contribution in [3.8, 4) is 11.3 Å². The van der Waals surface area contributed by atoms with Crippen molar-refractivity contribution in [1.82, 2.24) is 19.8 Å². The van der Waals surface area contributed by atoms with Gasteiger partial charge in [0.25, 0.3) is 0 Å². The number of hydrogen-bond acceptors (Lipinski definition) is 5. The summed E-state index contributed by atoms with van der Waals surface area (Å²) in [6, 6.07) is 19.9. The van der Waals surface area contributed by atoms with Crippen LogP contribution in [0.3, 0.4) is 0 Å². The molecule has 3 N–H and O–H groups in total. The zero-order valence-corrected chi connectivity index (χ0v) is 26.6. The van der Waals surface area contributed by atoms with E-state index in [1.54, 1.807) is 4.90 Å². The highest BCUT2D eigenvalue weighted by atomic mass is 19.1. The number of piperidine rings is 2. The molecule has 2 aromatic carbocycles. The fraction of sp³-hybridized carbons (Fsp3) is 0.543. The van der Waals surface area contributed by atoms with Gasteiger partial charge in [0.2, 0.25) is 0 Å². The summed E-state index contributed by atoms with van der Waals surface area (Å²) in [5, 5.41) is 3.45. The van der Waals surface area contributed by atoms with Gasteiger partial charge in [0.1, 0.15) is 31.1 Å². The zero-order valence-electron chi connectivity index (χ0n) is 26.6. The Kier molecular flexibility index (Phi) is 10.4. The van der Waals surface area contributed by atoms with Gasteiger partial charge in [-0.2, -0.15) is 0 Å². The number of amides is 1. The van der Waals surface area contributed by atoms with Gasteiger partial charge < -0.3 is 15.6 Å². The van der Waals surface area contributed by atoms with Gasteiger partial charge in [-0.1, -0.05) is 81.4 Å². The number of carbonyl (C=O) groups excluding carboxylic acids is 1. The van der Waals surface area contributed by atoms with Crippen molar-refractivity contribution < 1.29 is 18.7 Å². The van der Waals surface area contributed by atoms with Gasteiger partial charge in [0.05, 0.1) is 18.3 Å². The molecular weight excluding hydrogens is 555 g/mol. The quantitative estimate of drug-likeness (QED) is 0.273. The lowest BCUT2D eigenvalue weighted by Gasteiger charge is -2.46. The smallest absolute Gasteiger partial charge is 0.328 e. The second-order valence-corrected chi connectivity index (χ2v) is 13.5. The summed E-state index contributed by atoms with van der Waals surface area (Å²) in [4.78, 5) is 27.9. The number of hydrogen-bond donors (Lipinski definition) is 2. The van der Waals surface area contributed by atoms with Gasteiger partial charge in [-0.3, -0.25) is 9.74 Å². The number of nitrogens with one attached hydrogen (secondary N) is 1. The maximum absolute atomic E-state index is 15.3. The van der Waals surface area contributed by atoms with E-state index in [2.05, 4.69) is 42.8 Å². The van der Waals surface area contributed by atoms with Gasteiger partial charge >= 0.3 is 6.09 Å². The van der Waals surface area contributed by atoms with Crippen LogP contribution in [0.15, 0.2) is 66.9 Å². The number of imidazole rings is 1. The fourth-order valence-electron chi connectivity index (χ4n) is 6.93. The van der Waals surface area contributed by atoms with Crippen LogP contribution in [-0.4, -0.2) is 76.7 Å². The molecule has 0 radical (unpaired) electrons. The highest BCUT2D eigenvalue weighted by Crippen LogP contribution is 2.40. The van der Waals surface area contributed by atoms with E-state index in [-0.39, 0.29) is 19.1 Å². The second-order valence-electron chi connectivity index (χ2n) is 13.5. The number of quaternary nitrogens is 1. The average molecular weight is 606 g/mol. The highest BCUT2D eigenvalue weighted by molar-refractivity contribution is 5.68. The Morgan fingerprint density at radius 3 is 2.32 bits per heavy atom. The second kappa shape index (κ2) is 14.2. The molecule has 8 nitrogen and oxygen atoms in total. The van der Waals surface area contributed by atoms with Crippen LogP contribution in [0.25, 0.3) is 11.3 Å². The minimum atomic E-state index is -1.40. The van der Waals surface area contributed by atoms with E-state index < -0.39 is 23.7 Å². The Morgan fingerprint density at radius 2 is 1.70 bits per heavy atom. The first-order valence-corrected chi connectivity index (χ1v) is 16.3. The minimum absolute atomic E-state index is 0.164. The molecule has 0 aliphatic carbocycles. The summed E-state index contributed by atoms with van der Waals surface area (Å²) in [6.07, 6.45) is 5.22. The van der Waals surface area contributed by atoms with Crippen LogP contribution >= 0.6 is 0 Å². The number of benzene rings is 2. The fourth-order valence-corrected chi connectivity index (χ4v) is 6.93. The molecule has 9 heteroatoms. The lowest BCUT2D eigenvalue weighted by atomic mass is 9.84. The molecule has 44 heavy (non-hydrogen) atoms. The van der Waals surface area contributed by atoms with E-state index in [1.165, 1.54) is 0 Å². The molecule has 2 fully saturated rings. The third kappa shape index (κ3) is 7.50. The normalized spacial score (nSPS) is 18.8. The molecule has 1 amide bonds. The molecule has 2 aliphatic rings. The molecule has 3 heterocycles. The van der Waals surface area contributed by atoms with E-state index in [0.717, 1.165) is 75.1 Å². The lowest BCUT2D eigenvalue weighted by molar-refractivity contribution is -1.11. The van der Waals surface area contributed by atoms with Gasteiger partial charge in [-0.25, -0.2) is 14.2 Å². The number of aromatic nitrogens is 2. The summed E-state index contributed by atoms with van der Waals surface area (Å²) in [5.74, 6) is 0.702. The minimum Gasteiger partial charge on any atom is -0.328 e. The Balaban J connectivity index is 1.58. The van der Waals surface area contributed by atoms with Crippen molar-refractivity contribution >= 4 is 6.09 Å². The van der Waals surface area contributed by atoms with Gasteiger partial charge in [-0.15, -0.1) is 4.65 Å². The molecule has 2 aliphatic heterocycles. The molecule has 1 aromatic heterocycles. The molecule has 2 atom stereocenters. The number of rotatable bonds is 10. The number of likely N-dealkylation sites (tertiary alicyclic amines) is 1. The van der Waals surface area contributed by atoms with Gasteiger partial charge in [0, 0.05) is 63.6 Å². The van der Waals surface area contributed by atoms with Crippen LogP contribution in [0.4, 0.5) is 9.18 Å². The lowest BCUT2D eigenvalue weighted by Crippen LogP contribution is -2.62. The van der Waals surface area contributed by atoms with Crippen LogP contribution in [-0.2, 0) is 11.4 Å². The number of alkyl halides is 1. The summed E-state index contributed by atoms with van der Waals surface area (Å²) in [6.45, 7) is 9.87. The molecule has 238 valence electrons. The van der Waals surface area contributed by atoms with E-state index in [9.17, 15) is 4.79 Å². The summed E-state index contributed by atoms with van der Waals surface area (Å²) in [7, 11) is 0. The van der Waals surface area contributed by atoms with Crippen LogP contribution < -0.4 is 11.1 Å². The Bertz CT molecular complexity index is 1330. The first kappa shape index (κ1) is 32.1. The van der Waals surface area contributed by atoms with Crippen molar-refractivity contribution in [2.24, 2.45) is 11.1 Å². The Hall–Kier alpha value is -3.27. The van der Waals surface area contributed by atoms with Gasteiger partial charge in [0.15, 0.2) is 0 Å². The molecule has 2 saturated heterocycles. The Morgan fingerprint density at radius 1 is 1.07 bits per heavy atom. The summed E-state index contributed by atoms with van der Waals surface area (Å²) < 4.78 is 17.8. The highest BCUT2D eigenvalue weighted by Gasteiger charge is 2.47. The molecule has 3 aromatic rings. The Labute approximate surface area is 261 Å². The molecule has 1 unspecified atom stereocenters. The van der Waals surface area contributed by atoms with Crippen LogP contribution in [0.5, 0.6) is 0 Å². The SMILES string of the molecule is CC(C)(C)[C@H](c1nc(-c2ccccc2)cn1Cc1ccccc1)N(CC(F)CN)C(=O)O[N+]1(C2CCNCC2)CCCCC1. The first-order valence-electron chi connectivity index (χ1n) is 16.3. The van der Waals surface area contributed by atoms with E-state index in [0.29, 0.717) is 17.0 Å². The summed E-state index contributed by atoms with van der Waals surface area (Å²) >= 11 is 0. The first-order chi connectivity index (χ1) is 21.2.